The monoisotopic (exact) mass is 241 g/mol. The van der Waals surface area contributed by atoms with Crippen LogP contribution < -0.4 is 4.90 Å². The van der Waals surface area contributed by atoms with Crippen molar-refractivity contribution in [3.63, 3.8) is 0 Å². The van der Waals surface area contributed by atoms with E-state index in [0.717, 1.165) is 13.0 Å². The standard InChI is InChI=1S/C12H15NO2.ClH/c1-9-2-3-10-4-6-13(11(10)8-9)7-5-12(14)15;/h2-3,8H,4-7H2,1H3,(H,14,15);1H. The highest BCUT2D eigenvalue weighted by atomic mass is 35.5. The van der Waals surface area contributed by atoms with Gasteiger partial charge >= 0.3 is 5.97 Å². The molecule has 0 unspecified atom stereocenters. The molecule has 1 N–H and O–H groups in total. The van der Waals surface area contributed by atoms with Gasteiger partial charge in [0.1, 0.15) is 0 Å². The first-order chi connectivity index (χ1) is 7.16. The summed E-state index contributed by atoms with van der Waals surface area (Å²) in [5, 5.41) is 8.65. The van der Waals surface area contributed by atoms with E-state index in [1.165, 1.54) is 16.8 Å². The lowest BCUT2D eigenvalue weighted by atomic mass is 10.1. The molecule has 1 aromatic rings. The summed E-state index contributed by atoms with van der Waals surface area (Å²) >= 11 is 0. The van der Waals surface area contributed by atoms with Gasteiger partial charge < -0.3 is 10.0 Å². The number of hydrogen-bond donors (Lipinski definition) is 1. The van der Waals surface area contributed by atoms with Crippen molar-refractivity contribution >= 4 is 24.1 Å². The molecule has 0 saturated carbocycles. The van der Waals surface area contributed by atoms with Gasteiger partial charge in [-0.25, -0.2) is 0 Å². The second kappa shape index (κ2) is 5.21. The molecule has 0 atom stereocenters. The minimum atomic E-state index is -0.726. The quantitative estimate of drug-likeness (QED) is 0.883. The summed E-state index contributed by atoms with van der Waals surface area (Å²) in [6.45, 7) is 3.63. The molecule has 16 heavy (non-hydrogen) atoms. The summed E-state index contributed by atoms with van der Waals surface area (Å²) in [4.78, 5) is 12.7. The summed E-state index contributed by atoms with van der Waals surface area (Å²) in [6, 6.07) is 6.40. The molecular formula is C12H16ClNO2. The lowest BCUT2D eigenvalue weighted by molar-refractivity contribution is -0.136. The summed E-state index contributed by atoms with van der Waals surface area (Å²) in [6.07, 6.45) is 1.25. The molecule has 0 spiro atoms. The summed E-state index contributed by atoms with van der Waals surface area (Å²) < 4.78 is 0. The number of rotatable bonds is 3. The van der Waals surface area contributed by atoms with Gasteiger partial charge in [0.2, 0.25) is 0 Å². The lowest BCUT2D eigenvalue weighted by Gasteiger charge is -2.18. The molecule has 4 heteroatoms. The van der Waals surface area contributed by atoms with E-state index in [9.17, 15) is 4.79 Å². The molecule has 0 radical (unpaired) electrons. The summed E-state index contributed by atoms with van der Waals surface area (Å²) in [7, 11) is 0. The number of halogens is 1. The molecule has 1 heterocycles. The fourth-order valence-electron chi connectivity index (χ4n) is 2.02. The van der Waals surface area contributed by atoms with Crippen molar-refractivity contribution in [2.24, 2.45) is 0 Å². The highest BCUT2D eigenvalue weighted by Crippen LogP contribution is 2.28. The Bertz CT molecular complexity index is 393. The number of benzene rings is 1. The SMILES string of the molecule is Cc1ccc2c(c1)N(CCC(=O)O)CC2.Cl. The molecule has 0 aromatic heterocycles. The predicted molar refractivity (Wildman–Crippen MR) is 66.6 cm³/mol. The van der Waals surface area contributed by atoms with Crippen molar-refractivity contribution in [3.05, 3.63) is 29.3 Å². The molecule has 0 amide bonds. The zero-order chi connectivity index (χ0) is 10.8. The number of nitrogens with zero attached hydrogens (tertiary/aromatic N) is 1. The van der Waals surface area contributed by atoms with Gasteiger partial charge in [0.05, 0.1) is 6.42 Å². The largest absolute Gasteiger partial charge is 0.481 e. The lowest BCUT2D eigenvalue weighted by Crippen LogP contribution is -2.23. The first kappa shape index (κ1) is 12.8. The molecule has 2 rings (SSSR count). The van der Waals surface area contributed by atoms with E-state index in [1.807, 2.05) is 0 Å². The number of aliphatic carboxylic acids is 1. The van der Waals surface area contributed by atoms with E-state index in [0.29, 0.717) is 6.54 Å². The third kappa shape index (κ3) is 2.67. The average molecular weight is 242 g/mol. The Balaban J connectivity index is 0.00000128. The number of aryl methyl sites for hydroxylation is 1. The molecule has 0 aliphatic carbocycles. The van der Waals surface area contributed by atoms with E-state index in [2.05, 4.69) is 30.0 Å². The Labute approximate surface area is 101 Å². The second-order valence-electron chi connectivity index (χ2n) is 4.01. The van der Waals surface area contributed by atoms with Crippen molar-refractivity contribution in [1.29, 1.82) is 0 Å². The van der Waals surface area contributed by atoms with E-state index in [1.54, 1.807) is 0 Å². The second-order valence-corrected chi connectivity index (χ2v) is 4.01. The fraction of sp³-hybridized carbons (Fsp3) is 0.417. The molecule has 1 aromatic carbocycles. The van der Waals surface area contributed by atoms with Crippen molar-refractivity contribution < 1.29 is 9.90 Å². The van der Waals surface area contributed by atoms with Crippen molar-refractivity contribution in [1.82, 2.24) is 0 Å². The van der Waals surface area contributed by atoms with Gasteiger partial charge in [-0.3, -0.25) is 4.79 Å². The molecule has 0 bridgehead atoms. The molecule has 3 nitrogen and oxygen atoms in total. The van der Waals surface area contributed by atoms with Crippen molar-refractivity contribution in [3.8, 4) is 0 Å². The Morgan fingerprint density at radius 2 is 2.25 bits per heavy atom. The van der Waals surface area contributed by atoms with Crippen molar-refractivity contribution in [2.75, 3.05) is 18.0 Å². The number of anilines is 1. The molecule has 1 aliphatic rings. The molecule has 1 aliphatic heterocycles. The van der Waals surface area contributed by atoms with E-state index in [-0.39, 0.29) is 18.8 Å². The van der Waals surface area contributed by atoms with Crippen LogP contribution in [0.1, 0.15) is 17.5 Å². The predicted octanol–water partition coefficient (Wildman–Crippen LogP) is 2.25. The third-order valence-corrected chi connectivity index (χ3v) is 2.83. The van der Waals surface area contributed by atoms with Crippen LogP contribution in [-0.2, 0) is 11.2 Å². The Morgan fingerprint density at radius 1 is 1.50 bits per heavy atom. The molecule has 88 valence electrons. The summed E-state index contributed by atoms with van der Waals surface area (Å²) in [5.74, 6) is -0.726. The van der Waals surface area contributed by atoms with Gasteiger partial charge in [-0.2, -0.15) is 0 Å². The maximum Gasteiger partial charge on any atom is 0.305 e. The molecule has 0 saturated heterocycles. The Morgan fingerprint density at radius 3 is 2.94 bits per heavy atom. The van der Waals surface area contributed by atoms with Crippen molar-refractivity contribution in [2.45, 2.75) is 19.8 Å². The van der Waals surface area contributed by atoms with Gasteiger partial charge in [-0.1, -0.05) is 12.1 Å². The van der Waals surface area contributed by atoms with E-state index >= 15 is 0 Å². The third-order valence-electron chi connectivity index (χ3n) is 2.83. The van der Waals surface area contributed by atoms with Gasteiger partial charge in [0.15, 0.2) is 0 Å². The van der Waals surface area contributed by atoms with Crippen LogP contribution >= 0.6 is 12.4 Å². The van der Waals surface area contributed by atoms with Crippen LogP contribution in [0.3, 0.4) is 0 Å². The van der Waals surface area contributed by atoms with Crippen LogP contribution in [0.2, 0.25) is 0 Å². The average Bonchev–Trinajstić information content (AvgIpc) is 2.57. The normalized spacial score (nSPS) is 13.2. The topological polar surface area (TPSA) is 40.5 Å². The highest BCUT2D eigenvalue weighted by Gasteiger charge is 2.18. The van der Waals surface area contributed by atoms with Gasteiger partial charge in [-0.05, 0) is 30.5 Å². The number of hydrogen-bond acceptors (Lipinski definition) is 2. The Hall–Kier alpha value is -1.22. The molecular weight excluding hydrogens is 226 g/mol. The van der Waals surface area contributed by atoms with Gasteiger partial charge in [0, 0.05) is 18.8 Å². The highest BCUT2D eigenvalue weighted by molar-refractivity contribution is 5.85. The van der Waals surface area contributed by atoms with Crippen LogP contribution in [-0.4, -0.2) is 24.2 Å². The van der Waals surface area contributed by atoms with E-state index < -0.39 is 5.97 Å². The fourth-order valence-corrected chi connectivity index (χ4v) is 2.02. The zero-order valence-corrected chi connectivity index (χ0v) is 10.1. The minimum absolute atomic E-state index is 0. The smallest absolute Gasteiger partial charge is 0.305 e. The van der Waals surface area contributed by atoms with E-state index in [4.69, 9.17) is 5.11 Å². The van der Waals surface area contributed by atoms with Crippen LogP contribution in [0, 0.1) is 6.92 Å². The Kier molecular flexibility index (Phi) is 4.19. The van der Waals surface area contributed by atoms with Crippen LogP contribution in [0.5, 0.6) is 0 Å². The van der Waals surface area contributed by atoms with Crippen LogP contribution in [0.4, 0.5) is 5.69 Å². The maximum atomic E-state index is 10.5. The van der Waals surface area contributed by atoms with Crippen LogP contribution in [0.25, 0.3) is 0 Å². The first-order valence-electron chi connectivity index (χ1n) is 5.23. The number of carboxylic acid groups (broad SMARTS) is 1. The zero-order valence-electron chi connectivity index (χ0n) is 9.27. The first-order valence-corrected chi connectivity index (χ1v) is 5.23. The summed E-state index contributed by atoms with van der Waals surface area (Å²) in [5.41, 5.74) is 3.79. The number of carboxylic acids is 1. The van der Waals surface area contributed by atoms with Gasteiger partial charge in [0.25, 0.3) is 0 Å². The number of fused-ring (bicyclic) bond motifs is 1. The number of carbonyl (C=O) groups is 1. The van der Waals surface area contributed by atoms with Crippen LogP contribution in [0.15, 0.2) is 18.2 Å². The molecule has 0 fully saturated rings. The minimum Gasteiger partial charge on any atom is -0.481 e. The maximum absolute atomic E-state index is 10.5. The van der Waals surface area contributed by atoms with Gasteiger partial charge in [-0.15, -0.1) is 12.4 Å².